The molecule has 1 N–H and O–H groups in total. The summed E-state index contributed by atoms with van der Waals surface area (Å²) in [4.78, 5) is 4.09. The van der Waals surface area contributed by atoms with Crippen LogP contribution >= 0.6 is 0 Å². The van der Waals surface area contributed by atoms with Crippen LogP contribution in [0, 0.1) is 5.82 Å². The van der Waals surface area contributed by atoms with Crippen molar-refractivity contribution >= 4 is 22.3 Å². The lowest BCUT2D eigenvalue weighted by Crippen LogP contribution is -1.79. The molecule has 98 valence electrons. The molecule has 1 heterocycles. The van der Waals surface area contributed by atoms with Crippen LogP contribution in [0.1, 0.15) is 0 Å². The Hall–Kier alpha value is -2.82. The lowest BCUT2D eigenvalue weighted by atomic mass is 10.2. The normalized spacial score (nSPS) is 11.2. The molecule has 3 rings (SSSR count). The molecule has 0 atom stereocenters. The standard InChI is InChI=1S/C15H10FN3O/c16-11-5-1-2-6-13(11)19-18-12-7-8-14(20)15-10(12)4-3-9-17-15/h1-9,20H. The summed E-state index contributed by atoms with van der Waals surface area (Å²) in [6.07, 6.45) is 1.58. The fourth-order valence-corrected chi connectivity index (χ4v) is 1.87. The van der Waals surface area contributed by atoms with Gasteiger partial charge in [0.2, 0.25) is 0 Å². The van der Waals surface area contributed by atoms with E-state index in [4.69, 9.17) is 0 Å². The minimum atomic E-state index is -0.433. The summed E-state index contributed by atoms with van der Waals surface area (Å²) in [7, 11) is 0. The van der Waals surface area contributed by atoms with Crippen LogP contribution in [0.25, 0.3) is 10.9 Å². The van der Waals surface area contributed by atoms with Crippen LogP contribution < -0.4 is 0 Å². The van der Waals surface area contributed by atoms with Crippen molar-refractivity contribution in [3.8, 4) is 5.75 Å². The van der Waals surface area contributed by atoms with Gasteiger partial charge < -0.3 is 5.11 Å². The van der Waals surface area contributed by atoms with E-state index in [0.717, 1.165) is 0 Å². The number of azo groups is 1. The maximum atomic E-state index is 13.5. The van der Waals surface area contributed by atoms with Gasteiger partial charge in [0.05, 0.1) is 5.69 Å². The van der Waals surface area contributed by atoms with Crippen molar-refractivity contribution in [2.24, 2.45) is 10.2 Å². The second kappa shape index (κ2) is 5.05. The molecule has 0 aliphatic heterocycles. The zero-order valence-corrected chi connectivity index (χ0v) is 10.4. The number of rotatable bonds is 2. The van der Waals surface area contributed by atoms with Crippen LogP contribution in [-0.2, 0) is 0 Å². The number of fused-ring (bicyclic) bond motifs is 1. The zero-order valence-electron chi connectivity index (χ0n) is 10.4. The van der Waals surface area contributed by atoms with Crippen LogP contribution in [0.3, 0.4) is 0 Å². The van der Waals surface area contributed by atoms with E-state index in [1.54, 1.807) is 42.6 Å². The number of phenols is 1. The topological polar surface area (TPSA) is 57.8 Å². The lowest BCUT2D eigenvalue weighted by Gasteiger charge is -2.02. The fraction of sp³-hybridized carbons (Fsp3) is 0. The van der Waals surface area contributed by atoms with Crippen molar-refractivity contribution in [1.29, 1.82) is 0 Å². The number of halogens is 1. The van der Waals surface area contributed by atoms with Crippen molar-refractivity contribution in [2.45, 2.75) is 0 Å². The minimum absolute atomic E-state index is 0.0745. The van der Waals surface area contributed by atoms with E-state index >= 15 is 0 Å². The molecule has 1 aromatic heterocycles. The van der Waals surface area contributed by atoms with Crippen LogP contribution in [0.15, 0.2) is 65.0 Å². The van der Waals surface area contributed by atoms with Gasteiger partial charge in [-0.15, -0.1) is 10.2 Å². The average molecular weight is 267 g/mol. The number of benzene rings is 2. The number of aromatic nitrogens is 1. The number of nitrogens with zero attached hydrogens (tertiary/aromatic N) is 3. The first-order valence-corrected chi connectivity index (χ1v) is 5.98. The average Bonchev–Trinajstić information content (AvgIpc) is 2.48. The van der Waals surface area contributed by atoms with E-state index in [1.165, 1.54) is 12.1 Å². The molecule has 0 amide bonds. The van der Waals surface area contributed by atoms with E-state index in [9.17, 15) is 9.50 Å². The monoisotopic (exact) mass is 267 g/mol. The van der Waals surface area contributed by atoms with E-state index in [-0.39, 0.29) is 11.4 Å². The highest BCUT2D eigenvalue weighted by Crippen LogP contribution is 2.32. The van der Waals surface area contributed by atoms with E-state index < -0.39 is 5.82 Å². The largest absolute Gasteiger partial charge is 0.506 e. The summed E-state index contributed by atoms with van der Waals surface area (Å²) < 4.78 is 13.5. The smallest absolute Gasteiger partial charge is 0.150 e. The summed E-state index contributed by atoms with van der Waals surface area (Å²) in [5, 5.41) is 18.3. The Morgan fingerprint density at radius 3 is 2.55 bits per heavy atom. The van der Waals surface area contributed by atoms with Crippen molar-refractivity contribution in [1.82, 2.24) is 4.98 Å². The van der Waals surface area contributed by atoms with E-state index in [2.05, 4.69) is 15.2 Å². The summed E-state index contributed by atoms with van der Waals surface area (Å²) in [5.74, 6) is -0.358. The SMILES string of the molecule is Oc1ccc(N=Nc2ccccc2F)c2cccnc12. The molecule has 0 aliphatic rings. The van der Waals surface area contributed by atoms with E-state index in [1.807, 2.05) is 0 Å². The first-order valence-electron chi connectivity index (χ1n) is 5.98. The highest BCUT2D eigenvalue weighted by atomic mass is 19.1. The highest BCUT2D eigenvalue weighted by Gasteiger charge is 2.05. The summed E-state index contributed by atoms with van der Waals surface area (Å²) in [5.41, 5.74) is 1.13. The Bertz CT molecular complexity index is 802. The predicted octanol–water partition coefficient (Wildman–Crippen LogP) is 4.49. The summed E-state index contributed by atoms with van der Waals surface area (Å²) >= 11 is 0. The molecule has 5 heteroatoms. The van der Waals surface area contributed by atoms with Crippen molar-refractivity contribution in [3.05, 3.63) is 60.5 Å². The third-order valence-corrected chi connectivity index (χ3v) is 2.84. The number of pyridine rings is 1. The Labute approximate surface area is 114 Å². The number of phenolic OH excluding ortho intramolecular Hbond substituents is 1. The molecule has 0 aliphatic carbocycles. The van der Waals surface area contributed by atoms with Gasteiger partial charge in [-0.25, -0.2) is 4.39 Å². The quantitative estimate of drug-likeness (QED) is 0.695. The molecule has 20 heavy (non-hydrogen) atoms. The molecular weight excluding hydrogens is 257 g/mol. The summed E-state index contributed by atoms with van der Waals surface area (Å²) in [6.45, 7) is 0. The number of hydrogen-bond donors (Lipinski definition) is 1. The van der Waals surface area contributed by atoms with Crippen LogP contribution in [0.5, 0.6) is 5.75 Å². The maximum Gasteiger partial charge on any atom is 0.150 e. The molecule has 0 spiro atoms. The van der Waals surface area contributed by atoms with Gasteiger partial charge in [0, 0.05) is 11.6 Å². The molecule has 3 aromatic rings. The summed E-state index contributed by atoms with van der Waals surface area (Å²) in [6, 6.07) is 12.8. The molecule has 0 bridgehead atoms. The van der Waals surface area contributed by atoms with E-state index in [0.29, 0.717) is 16.6 Å². The second-order valence-electron chi connectivity index (χ2n) is 4.15. The van der Waals surface area contributed by atoms with Gasteiger partial charge in [-0.3, -0.25) is 4.98 Å². The highest BCUT2D eigenvalue weighted by molar-refractivity contribution is 5.93. The Kier molecular flexibility index (Phi) is 3.09. The molecule has 0 saturated carbocycles. The third kappa shape index (κ3) is 2.21. The van der Waals surface area contributed by atoms with Gasteiger partial charge in [0.15, 0.2) is 5.82 Å². The van der Waals surface area contributed by atoms with Gasteiger partial charge in [0.25, 0.3) is 0 Å². The fourth-order valence-electron chi connectivity index (χ4n) is 1.87. The molecule has 0 fully saturated rings. The van der Waals surface area contributed by atoms with Crippen molar-refractivity contribution < 1.29 is 9.50 Å². The first-order chi connectivity index (χ1) is 9.75. The zero-order chi connectivity index (χ0) is 13.9. The molecule has 2 aromatic carbocycles. The van der Waals surface area contributed by atoms with Crippen LogP contribution in [0.2, 0.25) is 0 Å². The predicted molar refractivity (Wildman–Crippen MR) is 74.0 cm³/mol. The Morgan fingerprint density at radius 2 is 1.70 bits per heavy atom. The first kappa shape index (κ1) is 12.2. The van der Waals surface area contributed by atoms with Crippen molar-refractivity contribution in [3.63, 3.8) is 0 Å². The molecule has 4 nitrogen and oxygen atoms in total. The molecule has 0 unspecified atom stereocenters. The van der Waals surface area contributed by atoms with Gasteiger partial charge >= 0.3 is 0 Å². The number of aromatic hydroxyl groups is 1. The molecule has 0 saturated heterocycles. The van der Waals surface area contributed by atoms with Crippen LogP contribution in [-0.4, -0.2) is 10.1 Å². The molecular formula is C15H10FN3O. The van der Waals surface area contributed by atoms with Gasteiger partial charge in [-0.2, -0.15) is 0 Å². The minimum Gasteiger partial charge on any atom is -0.506 e. The maximum absolute atomic E-state index is 13.5. The van der Waals surface area contributed by atoms with Crippen LogP contribution in [0.4, 0.5) is 15.8 Å². The van der Waals surface area contributed by atoms with Gasteiger partial charge in [0.1, 0.15) is 17.0 Å². The third-order valence-electron chi connectivity index (χ3n) is 2.84. The Balaban J connectivity index is 2.08. The molecule has 0 radical (unpaired) electrons. The van der Waals surface area contributed by atoms with Gasteiger partial charge in [-0.1, -0.05) is 12.1 Å². The van der Waals surface area contributed by atoms with Crippen molar-refractivity contribution in [2.75, 3.05) is 0 Å². The number of hydrogen-bond acceptors (Lipinski definition) is 4. The Morgan fingerprint density at radius 1 is 0.900 bits per heavy atom. The van der Waals surface area contributed by atoms with Gasteiger partial charge in [-0.05, 0) is 36.4 Å². The second-order valence-corrected chi connectivity index (χ2v) is 4.15. The lowest BCUT2D eigenvalue weighted by molar-refractivity contribution is 0.480.